The maximum Gasteiger partial charge on any atom is 0.340 e. The van der Waals surface area contributed by atoms with Gasteiger partial charge < -0.3 is 4.42 Å². The van der Waals surface area contributed by atoms with Gasteiger partial charge in [0.25, 0.3) is 0 Å². The molecule has 8 heteroatoms. The third-order valence-corrected chi connectivity index (χ3v) is 7.11. The van der Waals surface area contributed by atoms with Crippen molar-refractivity contribution in [3.63, 3.8) is 0 Å². The zero-order valence-corrected chi connectivity index (χ0v) is 19.8. The second kappa shape index (κ2) is 9.14. The number of hydrogen-bond donors (Lipinski definition) is 1. The SMILES string of the molecule is [C-]#[N+]c1ccc(-c2ccc3c(C)c(Cc4cccc(NS(=O)(=O)N(C)C)c4)c(=O)oc3c2)cc1. The van der Waals surface area contributed by atoms with E-state index in [-0.39, 0.29) is 0 Å². The summed E-state index contributed by atoms with van der Waals surface area (Å²) in [5.41, 5.74) is 4.99. The molecule has 172 valence electrons. The van der Waals surface area contributed by atoms with Crippen molar-refractivity contribution in [3.05, 3.63) is 105 Å². The highest BCUT2D eigenvalue weighted by atomic mass is 32.2. The third-order valence-electron chi connectivity index (χ3n) is 5.65. The first-order valence-electron chi connectivity index (χ1n) is 10.5. The fraction of sp³-hybridized carbons (Fsp3) is 0.154. The average molecular weight is 474 g/mol. The van der Waals surface area contributed by atoms with Crippen LogP contribution in [0.3, 0.4) is 0 Å². The number of aryl methyl sites for hydroxylation is 1. The van der Waals surface area contributed by atoms with E-state index in [1.165, 1.54) is 14.1 Å². The molecule has 0 aliphatic heterocycles. The molecule has 0 spiro atoms. The molecule has 1 N–H and O–H groups in total. The molecule has 0 saturated heterocycles. The normalized spacial score (nSPS) is 11.5. The molecule has 0 fully saturated rings. The van der Waals surface area contributed by atoms with Gasteiger partial charge in [0.2, 0.25) is 0 Å². The first kappa shape index (κ1) is 23.2. The second-order valence-corrected chi connectivity index (χ2v) is 10.0. The molecule has 0 radical (unpaired) electrons. The largest absolute Gasteiger partial charge is 0.422 e. The van der Waals surface area contributed by atoms with E-state index >= 15 is 0 Å². The highest BCUT2D eigenvalue weighted by molar-refractivity contribution is 7.90. The summed E-state index contributed by atoms with van der Waals surface area (Å²) in [5, 5.41) is 0.834. The Bertz CT molecular complexity index is 1580. The Balaban J connectivity index is 1.67. The Morgan fingerprint density at radius 2 is 1.71 bits per heavy atom. The van der Waals surface area contributed by atoms with Gasteiger partial charge in [-0.05, 0) is 47.4 Å². The molecular weight excluding hydrogens is 450 g/mol. The van der Waals surface area contributed by atoms with Crippen LogP contribution in [0, 0.1) is 13.5 Å². The molecule has 0 amide bonds. The molecule has 3 aromatic carbocycles. The van der Waals surface area contributed by atoms with Crippen molar-refractivity contribution in [1.29, 1.82) is 0 Å². The third kappa shape index (κ3) is 4.71. The van der Waals surface area contributed by atoms with Crippen LogP contribution in [0.4, 0.5) is 11.4 Å². The first-order valence-corrected chi connectivity index (χ1v) is 12.0. The molecule has 0 aliphatic rings. The van der Waals surface area contributed by atoms with Crippen LogP contribution >= 0.6 is 0 Å². The number of rotatable bonds is 6. The van der Waals surface area contributed by atoms with E-state index < -0.39 is 15.8 Å². The van der Waals surface area contributed by atoms with Crippen LogP contribution in [0.1, 0.15) is 16.7 Å². The minimum Gasteiger partial charge on any atom is -0.422 e. The monoisotopic (exact) mass is 473 g/mol. The van der Waals surface area contributed by atoms with E-state index in [9.17, 15) is 13.2 Å². The fourth-order valence-electron chi connectivity index (χ4n) is 3.70. The van der Waals surface area contributed by atoms with Gasteiger partial charge in [-0.25, -0.2) is 9.64 Å². The van der Waals surface area contributed by atoms with E-state index in [0.29, 0.717) is 28.9 Å². The molecule has 0 bridgehead atoms. The van der Waals surface area contributed by atoms with Gasteiger partial charge in [-0.1, -0.05) is 48.5 Å². The summed E-state index contributed by atoms with van der Waals surface area (Å²) in [6, 6.07) is 19.9. The first-order chi connectivity index (χ1) is 16.2. The van der Waals surface area contributed by atoms with Crippen molar-refractivity contribution in [3.8, 4) is 11.1 Å². The van der Waals surface area contributed by atoms with Crippen molar-refractivity contribution in [2.75, 3.05) is 18.8 Å². The lowest BCUT2D eigenvalue weighted by Crippen LogP contribution is -2.28. The Morgan fingerprint density at radius 1 is 1.00 bits per heavy atom. The van der Waals surface area contributed by atoms with Crippen LogP contribution < -0.4 is 10.3 Å². The zero-order valence-electron chi connectivity index (χ0n) is 19.0. The van der Waals surface area contributed by atoms with E-state index in [1.54, 1.807) is 30.3 Å². The van der Waals surface area contributed by atoms with Crippen LogP contribution in [0.25, 0.3) is 26.9 Å². The molecule has 1 aromatic heterocycles. The fourth-order valence-corrected chi connectivity index (χ4v) is 4.30. The van der Waals surface area contributed by atoms with Gasteiger partial charge in [-0.15, -0.1) is 0 Å². The van der Waals surface area contributed by atoms with E-state index in [4.69, 9.17) is 11.0 Å². The minimum absolute atomic E-state index is 0.307. The average Bonchev–Trinajstić information content (AvgIpc) is 2.81. The van der Waals surface area contributed by atoms with Gasteiger partial charge in [0.1, 0.15) is 5.58 Å². The standard InChI is InChI=1S/C26H23N3O4S/c1-17-23-13-10-20(19-8-11-21(27-2)12-9-19)16-25(23)33-26(30)24(17)15-18-6-5-7-22(14-18)28-34(31,32)29(3)4/h5-14,16,28H,15H2,1,3-4H3. The lowest BCUT2D eigenvalue weighted by atomic mass is 9.97. The van der Waals surface area contributed by atoms with Gasteiger partial charge in [0.05, 0.1) is 12.3 Å². The summed E-state index contributed by atoms with van der Waals surface area (Å²) in [6.07, 6.45) is 0.307. The molecule has 0 unspecified atom stereocenters. The summed E-state index contributed by atoms with van der Waals surface area (Å²) in [4.78, 5) is 16.3. The number of benzene rings is 3. The summed E-state index contributed by atoms with van der Waals surface area (Å²) < 4.78 is 33.5. The molecule has 1 heterocycles. The van der Waals surface area contributed by atoms with Crippen LogP contribution in [0.15, 0.2) is 75.9 Å². The van der Waals surface area contributed by atoms with Crippen LogP contribution in [-0.4, -0.2) is 26.8 Å². The van der Waals surface area contributed by atoms with Crippen molar-refractivity contribution in [2.45, 2.75) is 13.3 Å². The van der Waals surface area contributed by atoms with E-state index in [0.717, 1.165) is 31.9 Å². The Labute approximate surface area is 198 Å². The predicted molar refractivity (Wildman–Crippen MR) is 134 cm³/mol. The van der Waals surface area contributed by atoms with Crippen molar-refractivity contribution in [1.82, 2.24) is 4.31 Å². The summed E-state index contributed by atoms with van der Waals surface area (Å²) >= 11 is 0. The number of nitrogens with one attached hydrogen (secondary N) is 1. The molecular formula is C26H23N3O4S. The van der Waals surface area contributed by atoms with Crippen molar-refractivity contribution in [2.24, 2.45) is 0 Å². The van der Waals surface area contributed by atoms with Gasteiger partial charge in [0, 0.05) is 31.5 Å². The minimum atomic E-state index is -3.63. The van der Waals surface area contributed by atoms with Crippen LogP contribution in [0.2, 0.25) is 0 Å². The van der Waals surface area contributed by atoms with Gasteiger partial charge in [0.15, 0.2) is 5.69 Å². The van der Waals surface area contributed by atoms with E-state index in [1.807, 2.05) is 43.3 Å². The molecule has 7 nitrogen and oxygen atoms in total. The number of anilines is 1. The highest BCUT2D eigenvalue weighted by Crippen LogP contribution is 2.28. The molecule has 4 aromatic rings. The lowest BCUT2D eigenvalue weighted by Gasteiger charge is -2.14. The van der Waals surface area contributed by atoms with Crippen molar-refractivity contribution >= 4 is 32.6 Å². The van der Waals surface area contributed by atoms with E-state index in [2.05, 4.69) is 9.57 Å². The Morgan fingerprint density at radius 3 is 2.38 bits per heavy atom. The second-order valence-electron chi connectivity index (χ2n) is 8.13. The summed E-state index contributed by atoms with van der Waals surface area (Å²) in [7, 11) is -0.732. The smallest absolute Gasteiger partial charge is 0.340 e. The summed E-state index contributed by atoms with van der Waals surface area (Å²) in [5.74, 6) is 0. The van der Waals surface area contributed by atoms with Crippen LogP contribution in [-0.2, 0) is 16.6 Å². The van der Waals surface area contributed by atoms with Crippen LogP contribution in [0.5, 0.6) is 0 Å². The highest BCUT2D eigenvalue weighted by Gasteiger charge is 2.15. The van der Waals surface area contributed by atoms with Gasteiger partial charge in [-0.3, -0.25) is 4.72 Å². The molecule has 0 saturated carbocycles. The topological polar surface area (TPSA) is 84.0 Å². The number of fused-ring (bicyclic) bond motifs is 1. The zero-order chi connectivity index (χ0) is 24.5. The van der Waals surface area contributed by atoms with Gasteiger partial charge >= 0.3 is 15.8 Å². The quantitative estimate of drug-likeness (QED) is 0.311. The molecule has 0 aliphatic carbocycles. The number of hydrogen-bond acceptors (Lipinski definition) is 4. The summed E-state index contributed by atoms with van der Waals surface area (Å²) in [6.45, 7) is 8.97. The maximum absolute atomic E-state index is 12.9. The Kier molecular flexibility index (Phi) is 6.24. The number of nitrogens with zero attached hydrogens (tertiary/aromatic N) is 2. The molecule has 0 atom stereocenters. The maximum atomic E-state index is 12.9. The molecule has 4 rings (SSSR count). The predicted octanol–water partition coefficient (Wildman–Crippen LogP) is 5.13. The van der Waals surface area contributed by atoms with Crippen molar-refractivity contribution < 1.29 is 12.8 Å². The lowest BCUT2D eigenvalue weighted by molar-refractivity contribution is 0.527. The van der Waals surface area contributed by atoms with Gasteiger partial charge in [-0.2, -0.15) is 12.7 Å². The molecule has 34 heavy (non-hydrogen) atoms. The Hall–Kier alpha value is -3.93.